The van der Waals surface area contributed by atoms with E-state index in [0.29, 0.717) is 5.56 Å². The van der Waals surface area contributed by atoms with E-state index in [4.69, 9.17) is 5.26 Å². The Morgan fingerprint density at radius 1 is 1.54 bits per heavy atom. The zero-order chi connectivity index (χ0) is 9.42. The molecule has 0 saturated carbocycles. The maximum atomic E-state index is 8.81. The largest absolute Gasteiger partial charge is 0.348 e. The van der Waals surface area contributed by atoms with Crippen LogP contribution in [0.25, 0.3) is 11.0 Å². The molecule has 64 valence electrons. The summed E-state index contributed by atoms with van der Waals surface area (Å²) in [6, 6.07) is 4.16. The van der Waals surface area contributed by atoms with Crippen molar-refractivity contribution in [3.63, 3.8) is 0 Å². The second-order valence-corrected chi connectivity index (χ2v) is 3.15. The van der Waals surface area contributed by atoms with Crippen LogP contribution in [0.1, 0.15) is 11.1 Å². The molecule has 0 aromatic carbocycles. The molecule has 2 rings (SSSR count). The summed E-state index contributed by atoms with van der Waals surface area (Å²) >= 11 is 0. The molecule has 0 aliphatic heterocycles. The van der Waals surface area contributed by atoms with Crippen molar-refractivity contribution >= 4 is 11.0 Å². The highest BCUT2D eigenvalue weighted by atomic mass is 14.9. The number of nitriles is 1. The number of aromatic nitrogens is 2. The number of pyridine rings is 1. The van der Waals surface area contributed by atoms with Crippen molar-refractivity contribution in [3.05, 3.63) is 29.6 Å². The number of aryl methyl sites for hydroxylation is 2. The smallest absolute Gasteiger partial charge is 0.106 e. The van der Waals surface area contributed by atoms with Crippen LogP contribution in [-0.4, -0.2) is 9.55 Å². The predicted molar refractivity (Wildman–Crippen MR) is 50.2 cm³/mol. The maximum absolute atomic E-state index is 8.81. The zero-order valence-corrected chi connectivity index (χ0v) is 7.57. The Morgan fingerprint density at radius 2 is 2.31 bits per heavy atom. The Morgan fingerprint density at radius 3 is 3.00 bits per heavy atom. The first-order valence-corrected chi connectivity index (χ1v) is 4.04. The van der Waals surface area contributed by atoms with Gasteiger partial charge in [-0.3, -0.25) is 4.98 Å². The highest BCUT2D eigenvalue weighted by Gasteiger charge is 2.06. The van der Waals surface area contributed by atoms with Crippen LogP contribution in [-0.2, 0) is 7.05 Å². The molecule has 0 radical (unpaired) electrons. The molecule has 0 spiro atoms. The minimum atomic E-state index is 0.637. The van der Waals surface area contributed by atoms with E-state index in [2.05, 4.69) is 11.1 Å². The lowest BCUT2D eigenvalue weighted by Gasteiger charge is -1.95. The summed E-state index contributed by atoms with van der Waals surface area (Å²) in [4.78, 5) is 4.23. The average Bonchev–Trinajstić information content (AvgIpc) is 2.43. The normalized spacial score (nSPS) is 10.2. The molecule has 0 atom stereocenters. The Balaban J connectivity index is 2.90. The van der Waals surface area contributed by atoms with Crippen LogP contribution < -0.4 is 0 Å². The lowest BCUT2D eigenvalue weighted by Crippen LogP contribution is -1.85. The van der Waals surface area contributed by atoms with Crippen LogP contribution in [0.4, 0.5) is 0 Å². The molecule has 3 nitrogen and oxygen atoms in total. The lowest BCUT2D eigenvalue weighted by molar-refractivity contribution is 0.965. The van der Waals surface area contributed by atoms with Gasteiger partial charge >= 0.3 is 0 Å². The first-order chi connectivity index (χ1) is 6.22. The summed E-state index contributed by atoms with van der Waals surface area (Å²) in [7, 11) is 1.92. The molecule has 0 bridgehead atoms. The molecule has 0 aliphatic carbocycles. The van der Waals surface area contributed by atoms with Gasteiger partial charge in [-0.2, -0.15) is 5.26 Å². The average molecular weight is 171 g/mol. The minimum Gasteiger partial charge on any atom is -0.348 e. The second kappa shape index (κ2) is 2.60. The van der Waals surface area contributed by atoms with Crippen molar-refractivity contribution in [2.75, 3.05) is 0 Å². The van der Waals surface area contributed by atoms with Crippen molar-refractivity contribution in [1.82, 2.24) is 9.55 Å². The van der Waals surface area contributed by atoms with Gasteiger partial charge in [-0.25, -0.2) is 0 Å². The summed E-state index contributed by atoms with van der Waals surface area (Å²) in [5.74, 6) is 0. The molecule has 3 heteroatoms. The van der Waals surface area contributed by atoms with Gasteiger partial charge in [0, 0.05) is 19.4 Å². The quantitative estimate of drug-likeness (QED) is 0.606. The first kappa shape index (κ1) is 7.81. The van der Waals surface area contributed by atoms with Gasteiger partial charge in [0.1, 0.15) is 11.6 Å². The second-order valence-electron chi connectivity index (χ2n) is 3.15. The van der Waals surface area contributed by atoms with Gasteiger partial charge in [-0.15, -0.1) is 0 Å². The molecule has 0 amide bonds. The van der Waals surface area contributed by atoms with Gasteiger partial charge in [0.15, 0.2) is 0 Å². The van der Waals surface area contributed by atoms with E-state index in [0.717, 1.165) is 16.6 Å². The van der Waals surface area contributed by atoms with Crippen LogP contribution in [0.15, 0.2) is 18.5 Å². The fraction of sp³-hybridized carbons (Fsp3) is 0.200. The van der Waals surface area contributed by atoms with Gasteiger partial charge in [-0.05, 0) is 18.6 Å². The molecule has 0 aliphatic rings. The van der Waals surface area contributed by atoms with Crippen LogP contribution in [0.2, 0.25) is 0 Å². The lowest BCUT2D eigenvalue weighted by atomic mass is 10.2. The van der Waals surface area contributed by atoms with Crippen molar-refractivity contribution in [3.8, 4) is 6.07 Å². The number of hydrogen-bond donors (Lipinski definition) is 0. The van der Waals surface area contributed by atoms with E-state index < -0.39 is 0 Å². The van der Waals surface area contributed by atoms with E-state index in [1.165, 1.54) is 0 Å². The number of hydrogen-bond acceptors (Lipinski definition) is 2. The minimum absolute atomic E-state index is 0.637. The number of rotatable bonds is 0. The SMILES string of the molecule is Cc1cnc2c(C#N)cn(C)c2c1. The first-order valence-electron chi connectivity index (χ1n) is 4.04. The fourth-order valence-electron chi connectivity index (χ4n) is 1.44. The summed E-state index contributed by atoms with van der Waals surface area (Å²) in [5.41, 5.74) is 3.54. The molecule has 13 heavy (non-hydrogen) atoms. The van der Waals surface area contributed by atoms with E-state index in [-0.39, 0.29) is 0 Å². The third-order valence-electron chi connectivity index (χ3n) is 2.08. The molecule has 2 aromatic heterocycles. The Kier molecular flexibility index (Phi) is 1.56. The molecule has 2 heterocycles. The van der Waals surface area contributed by atoms with Gasteiger partial charge in [0.25, 0.3) is 0 Å². The highest BCUT2D eigenvalue weighted by molar-refractivity contribution is 5.82. The molecular formula is C10H9N3. The summed E-state index contributed by atoms with van der Waals surface area (Å²) in [6.07, 6.45) is 3.58. The van der Waals surface area contributed by atoms with Crippen LogP contribution in [0.5, 0.6) is 0 Å². The Hall–Kier alpha value is -1.82. The van der Waals surface area contributed by atoms with E-state index in [9.17, 15) is 0 Å². The van der Waals surface area contributed by atoms with Crippen molar-refractivity contribution < 1.29 is 0 Å². The number of fused-ring (bicyclic) bond motifs is 1. The Labute approximate surface area is 76.2 Å². The molecule has 0 fully saturated rings. The molecular weight excluding hydrogens is 162 g/mol. The van der Waals surface area contributed by atoms with Crippen molar-refractivity contribution in [2.24, 2.45) is 7.05 Å². The van der Waals surface area contributed by atoms with E-state index in [1.807, 2.05) is 24.6 Å². The third kappa shape index (κ3) is 1.07. The van der Waals surface area contributed by atoms with Gasteiger partial charge in [-0.1, -0.05) is 0 Å². The molecule has 0 saturated heterocycles. The van der Waals surface area contributed by atoms with Crippen LogP contribution in [0.3, 0.4) is 0 Å². The summed E-state index contributed by atoms with van der Waals surface area (Å²) in [6.45, 7) is 1.99. The monoisotopic (exact) mass is 171 g/mol. The maximum Gasteiger partial charge on any atom is 0.106 e. The van der Waals surface area contributed by atoms with Gasteiger partial charge < -0.3 is 4.57 Å². The third-order valence-corrected chi connectivity index (χ3v) is 2.08. The summed E-state index contributed by atoms with van der Waals surface area (Å²) < 4.78 is 1.92. The topological polar surface area (TPSA) is 41.6 Å². The summed E-state index contributed by atoms with van der Waals surface area (Å²) in [5, 5.41) is 8.81. The van der Waals surface area contributed by atoms with Crippen molar-refractivity contribution in [2.45, 2.75) is 6.92 Å². The molecule has 0 N–H and O–H groups in total. The fourth-order valence-corrected chi connectivity index (χ4v) is 1.44. The molecule has 2 aromatic rings. The number of nitrogens with zero attached hydrogens (tertiary/aromatic N) is 3. The molecule has 0 unspecified atom stereocenters. The predicted octanol–water partition coefficient (Wildman–Crippen LogP) is 1.75. The van der Waals surface area contributed by atoms with Gasteiger partial charge in [0.2, 0.25) is 0 Å². The highest BCUT2D eigenvalue weighted by Crippen LogP contribution is 2.17. The zero-order valence-electron chi connectivity index (χ0n) is 7.57. The standard InChI is InChI=1S/C10H9N3/c1-7-3-9-10(12-5-7)8(4-11)6-13(9)2/h3,5-6H,1-2H3. The van der Waals surface area contributed by atoms with Gasteiger partial charge in [0.05, 0.1) is 11.1 Å². The van der Waals surface area contributed by atoms with Crippen LogP contribution in [0, 0.1) is 18.3 Å². The Bertz CT molecular complexity index is 503. The van der Waals surface area contributed by atoms with E-state index >= 15 is 0 Å². The van der Waals surface area contributed by atoms with Crippen LogP contribution >= 0.6 is 0 Å². The van der Waals surface area contributed by atoms with Crippen molar-refractivity contribution in [1.29, 1.82) is 5.26 Å². The van der Waals surface area contributed by atoms with E-state index in [1.54, 1.807) is 12.4 Å².